The zero-order chi connectivity index (χ0) is 13.2. The predicted molar refractivity (Wildman–Crippen MR) is 65.0 cm³/mol. The van der Waals surface area contributed by atoms with Crippen LogP contribution in [0.5, 0.6) is 0 Å². The first-order valence-electron chi connectivity index (χ1n) is 6.17. The normalized spacial score (nSPS) is 24.6. The van der Waals surface area contributed by atoms with Crippen LogP contribution in [0.4, 0.5) is 0 Å². The van der Waals surface area contributed by atoms with Crippen molar-refractivity contribution in [1.82, 2.24) is 14.7 Å². The highest BCUT2D eigenvalue weighted by molar-refractivity contribution is 5.78. The maximum absolute atomic E-state index is 11.3. The second-order valence-electron chi connectivity index (χ2n) is 4.94. The molecule has 6 heteroatoms. The number of aliphatic carboxylic acids is 1. The van der Waals surface area contributed by atoms with E-state index in [0.29, 0.717) is 19.5 Å². The lowest BCUT2D eigenvalue weighted by Crippen LogP contribution is -2.47. The number of carbonyl (C=O) groups is 1. The van der Waals surface area contributed by atoms with Crippen LogP contribution in [-0.2, 0) is 17.9 Å². The zero-order valence-corrected chi connectivity index (χ0v) is 10.5. The fraction of sp³-hybridized carbons (Fsp3) is 0.667. The van der Waals surface area contributed by atoms with Gasteiger partial charge in [0.05, 0.1) is 19.3 Å². The number of aliphatic hydroxyl groups is 1. The standard InChI is InChI=1S/C12H19N3O3/c1-12(11(17)18)3-2-4-14(12)8-10-7-13-15(9-10)5-6-16/h7,9,16H,2-6,8H2,1H3,(H,17,18). The summed E-state index contributed by atoms with van der Waals surface area (Å²) in [6.45, 7) is 3.69. The Bertz CT molecular complexity index is 432. The van der Waals surface area contributed by atoms with Gasteiger partial charge in [0.2, 0.25) is 0 Å². The van der Waals surface area contributed by atoms with Gasteiger partial charge in [0.1, 0.15) is 5.54 Å². The van der Waals surface area contributed by atoms with Gasteiger partial charge in [-0.05, 0) is 26.3 Å². The van der Waals surface area contributed by atoms with E-state index < -0.39 is 11.5 Å². The first kappa shape index (κ1) is 13.0. The van der Waals surface area contributed by atoms with Crippen molar-refractivity contribution in [3.63, 3.8) is 0 Å². The number of hydrogen-bond donors (Lipinski definition) is 2. The predicted octanol–water partition coefficient (Wildman–Crippen LogP) is 0.314. The fourth-order valence-electron chi connectivity index (χ4n) is 2.45. The third-order valence-corrected chi connectivity index (χ3v) is 3.64. The molecule has 18 heavy (non-hydrogen) atoms. The van der Waals surface area contributed by atoms with Crippen LogP contribution in [0.15, 0.2) is 12.4 Å². The van der Waals surface area contributed by atoms with Crippen molar-refractivity contribution in [2.24, 2.45) is 0 Å². The summed E-state index contributed by atoms with van der Waals surface area (Å²) in [6, 6.07) is 0. The Morgan fingerprint density at radius 3 is 3.06 bits per heavy atom. The van der Waals surface area contributed by atoms with E-state index in [1.54, 1.807) is 17.8 Å². The fourth-order valence-corrected chi connectivity index (χ4v) is 2.45. The molecule has 0 saturated carbocycles. The van der Waals surface area contributed by atoms with Crippen molar-refractivity contribution in [3.05, 3.63) is 18.0 Å². The van der Waals surface area contributed by atoms with Crippen molar-refractivity contribution in [1.29, 1.82) is 0 Å². The molecule has 100 valence electrons. The second-order valence-corrected chi connectivity index (χ2v) is 4.94. The van der Waals surface area contributed by atoms with Crippen LogP contribution in [0.3, 0.4) is 0 Å². The number of aliphatic hydroxyl groups excluding tert-OH is 1. The van der Waals surface area contributed by atoms with Crippen molar-refractivity contribution >= 4 is 5.97 Å². The highest BCUT2D eigenvalue weighted by Crippen LogP contribution is 2.30. The van der Waals surface area contributed by atoms with Crippen molar-refractivity contribution in [3.8, 4) is 0 Å². The summed E-state index contributed by atoms with van der Waals surface area (Å²) in [5.74, 6) is -0.761. The molecule has 0 radical (unpaired) electrons. The minimum Gasteiger partial charge on any atom is -0.480 e. The van der Waals surface area contributed by atoms with Gasteiger partial charge in [-0.3, -0.25) is 14.4 Å². The monoisotopic (exact) mass is 253 g/mol. The molecule has 0 bridgehead atoms. The average Bonchev–Trinajstić information content (AvgIpc) is 2.89. The summed E-state index contributed by atoms with van der Waals surface area (Å²) in [4.78, 5) is 13.3. The van der Waals surface area contributed by atoms with Gasteiger partial charge in [0, 0.05) is 18.3 Å². The smallest absolute Gasteiger partial charge is 0.323 e. The van der Waals surface area contributed by atoms with E-state index in [2.05, 4.69) is 5.10 Å². The van der Waals surface area contributed by atoms with E-state index in [1.807, 2.05) is 11.1 Å². The molecule has 0 amide bonds. The van der Waals surface area contributed by atoms with E-state index in [9.17, 15) is 9.90 Å². The average molecular weight is 253 g/mol. The van der Waals surface area contributed by atoms with Gasteiger partial charge in [-0.2, -0.15) is 5.10 Å². The summed E-state index contributed by atoms with van der Waals surface area (Å²) in [7, 11) is 0. The molecule has 2 rings (SSSR count). The molecule has 0 aromatic carbocycles. The van der Waals surface area contributed by atoms with Crippen LogP contribution < -0.4 is 0 Å². The minimum atomic E-state index is -0.765. The number of nitrogens with zero attached hydrogens (tertiary/aromatic N) is 3. The Morgan fingerprint density at radius 2 is 2.39 bits per heavy atom. The molecule has 2 N–H and O–H groups in total. The molecule has 2 heterocycles. The van der Waals surface area contributed by atoms with E-state index in [0.717, 1.165) is 18.5 Å². The largest absolute Gasteiger partial charge is 0.480 e. The first-order valence-corrected chi connectivity index (χ1v) is 6.17. The van der Waals surface area contributed by atoms with Crippen LogP contribution in [0, 0.1) is 0 Å². The summed E-state index contributed by atoms with van der Waals surface area (Å²) >= 11 is 0. The summed E-state index contributed by atoms with van der Waals surface area (Å²) in [6.07, 6.45) is 5.19. The van der Waals surface area contributed by atoms with Crippen LogP contribution in [-0.4, -0.2) is 49.6 Å². The molecular weight excluding hydrogens is 234 g/mol. The summed E-state index contributed by atoms with van der Waals surface area (Å²) in [5, 5.41) is 22.3. The maximum atomic E-state index is 11.3. The van der Waals surface area contributed by atoms with Gasteiger partial charge in [0.25, 0.3) is 0 Å². The van der Waals surface area contributed by atoms with Crippen LogP contribution in [0.25, 0.3) is 0 Å². The van der Waals surface area contributed by atoms with E-state index in [-0.39, 0.29) is 6.61 Å². The second kappa shape index (κ2) is 5.07. The van der Waals surface area contributed by atoms with Crippen molar-refractivity contribution in [2.75, 3.05) is 13.2 Å². The van der Waals surface area contributed by atoms with Gasteiger partial charge < -0.3 is 10.2 Å². The number of hydrogen-bond acceptors (Lipinski definition) is 4. The quantitative estimate of drug-likeness (QED) is 0.790. The zero-order valence-electron chi connectivity index (χ0n) is 10.5. The van der Waals surface area contributed by atoms with E-state index in [4.69, 9.17) is 5.11 Å². The van der Waals surface area contributed by atoms with Crippen molar-refractivity contribution in [2.45, 2.75) is 38.4 Å². The number of likely N-dealkylation sites (tertiary alicyclic amines) is 1. The van der Waals surface area contributed by atoms with Crippen LogP contribution in [0.2, 0.25) is 0 Å². The molecule has 0 aliphatic carbocycles. The summed E-state index contributed by atoms with van der Waals surface area (Å²) < 4.78 is 1.67. The third-order valence-electron chi connectivity index (χ3n) is 3.64. The highest BCUT2D eigenvalue weighted by Gasteiger charge is 2.43. The van der Waals surface area contributed by atoms with Gasteiger partial charge >= 0.3 is 5.97 Å². The van der Waals surface area contributed by atoms with Gasteiger partial charge in [-0.15, -0.1) is 0 Å². The van der Waals surface area contributed by atoms with Gasteiger partial charge in [-0.25, -0.2) is 0 Å². The Balaban J connectivity index is 2.06. The molecule has 0 spiro atoms. The van der Waals surface area contributed by atoms with Crippen molar-refractivity contribution < 1.29 is 15.0 Å². The highest BCUT2D eigenvalue weighted by atomic mass is 16.4. The lowest BCUT2D eigenvalue weighted by Gasteiger charge is -2.30. The minimum absolute atomic E-state index is 0.0532. The molecule has 1 aromatic rings. The SMILES string of the molecule is CC1(C(=O)O)CCCN1Cc1cnn(CCO)c1. The Labute approximate surface area is 106 Å². The Hall–Kier alpha value is -1.40. The molecule has 1 atom stereocenters. The lowest BCUT2D eigenvalue weighted by atomic mass is 9.99. The van der Waals surface area contributed by atoms with Gasteiger partial charge in [0.15, 0.2) is 0 Å². The number of carboxylic acids is 1. The summed E-state index contributed by atoms with van der Waals surface area (Å²) in [5.41, 5.74) is 0.219. The molecule has 1 unspecified atom stereocenters. The van der Waals surface area contributed by atoms with E-state index in [1.165, 1.54) is 0 Å². The Morgan fingerprint density at radius 1 is 1.61 bits per heavy atom. The van der Waals surface area contributed by atoms with E-state index >= 15 is 0 Å². The Kier molecular flexibility index (Phi) is 3.68. The van der Waals surface area contributed by atoms with Crippen LogP contribution in [0.1, 0.15) is 25.3 Å². The first-order chi connectivity index (χ1) is 8.56. The molecule has 6 nitrogen and oxygen atoms in total. The molecule has 1 aliphatic heterocycles. The number of carboxylic acid groups (broad SMARTS) is 1. The van der Waals surface area contributed by atoms with Gasteiger partial charge in [-0.1, -0.05) is 0 Å². The third kappa shape index (κ3) is 2.39. The molecule has 1 aliphatic rings. The number of aromatic nitrogens is 2. The molecular formula is C12H19N3O3. The lowest BCUT2D eigenvalue weighted by molar-refractivity contribution is -0.148. The molecule has 1 aromatic heterocycles. The van der Waals surface area contributed by atoms with Crippen LogP contribution >= 0.6 is 0 Å². The molecule has 1 saturated heterocycles. The maximum Gasteiger partial charge on any atom is 0.323 e. The molecule has 1 fully saturated rings. The topological polar surface area (TPSA) is 78.6 Å². The number of rotatable bonds is 5.